The second-order valence-electron chi connectivity index (χ2n) is 2.59. The van der Waals surface area contributed by atoms with Crippen LogP contribution in [0.1, 0.15) is 13.8 Å². The molecule has 0 aromatic carbocycles. The number of nitrogens with zero attached hydrogens (tertiary/aromatic N) is 2. The predicted molar refractivity (Wildman–Crippen MR) is 46.0 cm³/mol. The van der Waals surface area contributed by atoms with Crippen LogP contribution in [-0.4, -0.2) is 43.6 Å². The van der Waals surface area contributed by atoms with Crippen LogP contribution in [-0.2, 0) is 4.74 Å². The van der Waals surface area contributed by atoms with Crippen LogP contribution in [0.25, 0.3) is 0 Å². The molecule has 0 radical (unpaired) electrons. The molecule has 0 aliphatic carbocycles. The highest BCUT2D eigenvalue weighted by Gasteiger charge is 2.09. The van der Waals surface area contributed by atoms with Crippen LogP contribution >= 0.6 is 0 Å². The smallest absolute Gasteiger partial charge is 0.198 e. The Balaban J connectivity index is 2.27. The van der Waals surface area contributed by atoms with Crippen molar-refractivity contribution in [1.29, 1.82) is 0 Å². The van der Waals surface area contributed by atoms with E-state index in [0.717, 1.165) is 38.7 Å². The molecule has 0 spiro atoms. The van der Waals surface area contributed by atoms with E-state index in [1.165, 1.54) is 0 Å². The van der Waals surface area contributed by atoms with Crippen molar-refractivity contribution in [3.63, 3.8) is 0 Å². The number of hydrogen-bond acceptors (Lipinski definition) is 3. The first kappa shape index (κ1) is 8.53. The average Bonchev–Trinajstić information content (AvgIpc) is 2.52. The van der Waals surface area contributed by atoms with Gasteiger partial charge in [0, 0.05) is 0 Å². The predicted octanol–water partition coefficient (Wildman–Crippen LogP) is 0.757. The zero-order valence-electron chi connectivity index (χ0n) is 7.34. The van der Waals surface area contributed by atoms with Gasteiger partial charge in [0.05, 0.1) is 13.1 Å². The van der Waals surface area contributed by atoms with Crippen molar-refractivity contribution >= 4 is 5.90 Å². The summed E-state index contributed by atoms with van der Waals surface area (Å²) in [5.41, 5.74) is 0. The van der Waals surface area contributed by atoms with Gasteiger partial charge in [0.1, 0.15) is 6.61 Å². The first-order valence-corrected chi connectivity index (χ1v) is 4.25. The molecule has 1 rings (SSSR count). The molecule has 3 nitrogen and oxygen atoms in total. The van der Waals surface area contributed by atoms with E-state index in [9.17, 15) is 0 Å². The average molecular weight is 156 g/mol. The van der Waals surface area contributed by atoms with Gasteiger partial charge in [-0.2, -0.15) is 0 Å². The zero-order chi connectivity index (χ0) is 8.10. The molecule has 0 aromatic heterocycles. The van der Waals surface area contributed by atoms with Gasteiger partial charge >= 0.3 is 0 Å². The third-order valence-electron chi connectivity index (χ3n) is 1.90. The van der Waals surface area contributed by atoms with Gasteiger partial charge in [-0.3, -0.25) is 9.89 Å². The third kappa shape index (κ3) is 2.50. The zero-order valence-corrected chi connectivity index (χ0v) is 7.34. The van der Waals surface area contributed by atoms with Gasteiger partial charge in [-0.1, -0.05) is 13.8 Å². The molecule has 0 unspecified atom stereocenters. The molecule has 1 aliphatic heterocycles. The molecular weight excluding hydrogens is 140 g/mol. The molecule has 11 heavy (non-hydrogen) atoms. The first-order chi connectivity index (χ1) is 5.36. The van der Waals surface area contributed by atoms with Gasteiger partial charge in [0.25, 0.3) is 0 Å². The Morgan fingerprint density at radius 2 is 2.18 bits per heavy atom. The summed E-state index contributed by atoms with van der Waals surface area (Å²) in [5, 5.41) is 0. The fraction of sp³-hybridized carbons (Fsp3) is 0.875. The van der Waals surface area contributed by atoms with E-state index >= 15 is 0 Å². The van der Waals surface area contributed by atoms with Gasteiger partial charge in [-0.05, 0) is 13.1 Å². The summed E-state index contributed by atoms with van der Waals surface area (Å²) in [6.45, 7) is 8.94. The number of likely N-dealkylation sites (N-methyl/N-ethyl adjacent to an activating group) is 1. The monoisotopic (exact) mass is 156 g/mol. The highest BCUT2D eigenvalue weighted by Crippen LogP contribution is 1.97. The van der Waals surface area contributed by atoms with Crippen molar-refractivity contribution in [2.45, 2.75) is 13.8 Å². The Bertz CT molecular complexity index is 141. The van der Waals surface area contributed by atoms with E-state index < -0.39 is 0 Å². The molecule has 3 heteroatoms. The molecule has 0 aromatic rings. The molecule has 0 bridgehead atoms. The molecule has 0 N–H and O–H groups in total. The van der Waals surface area contributed by atoms with Crippen molar-refractivity contribution in [3.8, 4) is 0 Å². The minimum absolute atomic E-state index is 0.774. The standard InChI is InChI=1S/C8H16N2O/c1-3-10(4-2)7-8-9-5-6-11-8/h3-7H2,1-2H3. The number of hydrogen-bond donors (Lipinski definition) is 0. The topological polar surface area (TPSA) is 24.8 Å². The largest absolute Gasteiger partial charge is 0.478 e. The summed E-state index contributed by atoms with van der Waals surface area (Å²) in [7, 11) is 0. The minimum atomic E-state index is 0.774. The van der Waals surface area contributed by atoms with Gasteiger partial charge in [0.2, 0.25) is 0 Å². The van der Waals surface area contributed by atoms with Gasteiger partial charge in [0.15, 0.2) is 5.90 Å². The highest BCUT2D eigenvalue weighted by atomic mass is 16.5. The maximum Gasteiger partial charge on any atom is 0.198 e. The lowest BCUT2D eigenvalue weighted by Crippen LogP contribution is -2.29. The molecule has 0 amide bonds. The van der Waals surface area contributed by atoms with Crippen LogP contribution in [0.2, 0.25) is 0 Å². The molecular formula is C8H16N2O. The van der Waals surface area contributed by atoms with Crippen LogP contribution in [0.5, 0.6) is 0 Å². The van der Waals surface area contributed by atoms with Crippen molar-refractivity contribution in [2.75, 3.05) is 32.8 Å². The molecule has 0 atom stereocenters. The third-order valence-corrected chi connectivity index (χ3v) is 1.90. The Kier molecular flexibility index (Phi) is 3.36. The Morgan fingerprint density at radius 3 is 2.64 bits per heavy atom. The second kappa shape index (κ2) is 4.34. The summed E-state index contributed by atoms with van der Waals surface area (Å²) in [6.07, 6.45) is 0. The lowest BCUT2D eigenvalue weighted by molar-refractivity contribution is 0.289. The van der Waals surface area contributed by atoms with E-state index in [1.54, 1.807) is 0 Å². The van der Waals surface area contributed by atoms with Crippen LogP contribution in [0.4, 0.5) is 0 Å². The summed E-state index contributed by atoms with van der Waals surface area (Å²) in [6, 6.07) is 0. The minimum Gasteiger partial charge on any atom is -0.478 e. The van der Waals surface area contributed by atoms with E-state index in [1.807, 2.05) is 0 Å². The van der Waals surface area contributed by atoms with Gasteiger partial charge < -0.3 is 4.74 Å². The first-order valence-electron chi connectivity index (χ1n) is 4.25. The quantitative estimate of drug-likeness (QED) is 0.600. The summed E-state index contributed by atoms with van der Waals surface area (Å²) in [4.78, 5) is 6.52. The van der Waals surface area contributed by atoms with Crippen LogP contribution < -0.4 is 0 Å². The van der Waals surface area contributed by atoms with Crippen molar-refractivity contribution in [3.05, 3.63) is 0 Å². The molecule has 0 saturated carbocycles. The fourth-order valence-corrected chi connectivity index (χ4v) is 1.11. The number of rotatable bonds is 4. The molecule has 1 aliphatic rings. The number of ether oxygens (including phenoxy) is 1. The summed E-state index contributed by atoms with van der Waals surface area (Å²) < 4.78 is 5.30. The molecule has 1 heterocycles. The number of aliphatic imine (C=N–C) groups is 1. The van der Waals surface area contributed by atoms with Gasteiger partial charge in [-0.25, -0.2) is 0 Å². The SMILES string of the molecule is CCN(CC)CC1=NCCO1. The van der Waals surface area contributed by atoms with Crippen molar-refractivity contribution in [2.24, 2.45) is 4.99 Å². The Hall–Kier alpha value is -0.570. The van der Waals surface area contributed by atoms with E-state index in [0.29, 0.717) is 0 Å². The maximum atomic E-state index is 5.30. The Labute approximate surface area is 68.1 Å². The molecule has 0 fully saturated rings. The van der Waals surface area contributed by atoms with E-state index in [-0.39, 0.29) is 0 Å². The maximum absolute atomic E-state index is 5.30. The van der Waals surface area contributed by atoms with E-state index in [4.69, 9.17) is 4.74 Å². The lowest BCUT2D eigenvalue weighted by atomic mass is 10.5. The lowest BCUT2D eigenvalue weighted by Gasteiger charge is -2.16. The van der Waals surface area contributed by atoms with E-state index in [2.05, 4.69) is 23.7 Å². The van der Waals surface area contributed by atoms with Crippen LogP contribution in [0.15, 0.2) is 4.99 Å². The molecule has 0 saturated heterocycles. The van der Waals surface area contributed by atoms with Crippen LogP contribution in [0, 0.1) is 0 Å². The van der Waals surface area contributed by atoms with Crippen molar-refractivity contribution < 1.29 is 4.74 Å². The second-order valence-corrected chi connectivity index (χ2v) is 2.59. The summed E-state index contributed by atoms with van der Waals surface area (Å²) >= 11 is 0. The highest BCUT2D eigenvalue weighted by molar-refractivity contribution is 5.79. The fourth-order valence-electron chi connectivity index (χ4n) is 1.11. The van der Waals surface area contributed by atoms with Crippen LogP contribution in [0.3, 0.4) is 0 Å². The normalized spacial score (nSPS) is 16.8. The van der Waals surface area contributed by atoms with Gasteiger partial charge in [-0.15, -0.1) is 0 Å². The summed E-state index contributed by atoms with van der Waals surface area (Å²) in [5.74, 6) is 0.911. The van der Waals surface area contributed by atoms with Crippen molar-refractivity contribution in [1.82, 2.24) is 4.90 Å². The Morgan fingerprint density at radius 1 is 1.45 bits per heavy atom. The molecule has 64 valence electrons.